The van der Waals surface area contributed by atoms with Crippen LogP contribution in [0.4, 0.5) is 13.2 Å². The van der Waals surface area contributed by atoms with Gasteiger partial charge in [-0.3, -0.25) is 4.98 Å². The molecule has 0 aliphatic heterocycles. The van der Waals surface area contributed by atoms with E-state index in [9.17, 15) is 13.2 Å². The van der Waals surface area contributed by atoms with E-state index in [-0.39, 0.29) is 0 Å². The van der Waals surface area contributed by atoms with Gasteiger partial charge in [0.1, 0.15) is 0 Å². The Morgan fingerprint density at radius 3 is 2.53 bits per heavy atom. The Balaban J connectivity index is 2.68. The standard InChI is InChI=1S/C10H7F3NP/c11-10(12,13)6-1-2-7-8(5-6)14-4-3-9(7)15/h1-5H,15H2. The molecule has 1 aromatic heterocycles. The van der Waals surface area contributed by atoms with E-state index < -0.39 is 11.7 Å². The van der Waals surface area contributed by atoms with Gasteiger partial charge < -0.3 is 0 Å². The minimum absolute atomic E-state index is 0.359. The fraction of sp³-hybridized carbons (Fsp3) is 0.100. The maximum atomic E-state index is 12.4. The Bertz CT molecular complexity index is 507. The molecule has 0 saturated carbocycles. The lowest BCUT2D eigenvalue weighted by molar-refractivity contribution is -0.137. The van der Waals surface area contributed by atoms with Crippen LogP contribution in [0.5, 0.6) is 0 Å². The van der Waals surface area contributed by atoms with E-state index in [0.717, 1.165) is 22.8 Å². The van der Waals surface area contributed by atoms with Crippen LogP contribution < -0.4 is 5.30 Å². The van der Waals surface area contributed by atoms with Crippen molar-refractivity contribution in [3.05, 3.63) is 36.0 Å². The molecule has 78 valence electrons. The number of halogens is 3. The quantitative estimate of drug-likeness (QED) is 0.633. The fourth-order valence-corrected chi connectivity index (χ4v) is 1.68. The van der Waals surface area contributed by atoms with E-state index >= 15 is 0 Å². The highest BCUT2D eigenvalue weighted by molar-refractivity contribution is 7.28. The van der Waals surface area contributed by atoms with Gasteiger partial charge in [-0.1, -0.05) is 6.07 Å². The lowest BCUT2D eigenvalue weighted by atomic mass is 10.1. The summed E-state index contributed by atoms with van der Waals surface area (Å²) in [5.74, 6) is 0. The van der Waals surface area contributed by atoms with Gasteiger partial charge in [0, 0.05) is 11.6 Å². The van der Waals surface area contributed by atoms with Crippen molar-refractivity contribution in [1.29, 1.82) is 0 Å². The summed E-state index contributed by atoms with van der Waals surface area (Å²) in [5, 5.41) is 1.56. The van der Waals surface area contributed by atoms with Gasteiger partial charge in [0.15, 0.2) is 0 Å². The maximum absolute atomic E-state index is 12.4. The molecule has 1 heterocycles. The normalized spacial score (nSPS) is 12.0. The van der Waals surface area contributed by atoms with E-state index in [0.29, 0.717) is 5.52 Å². The Morgan fingerprint density at radius 2 is 1.87 bits per heavy atom. The maximum Gasteiger partial charge on any atom is 0.416 e. The third kappa shape index (κ3) is 1.95. The van der Waals surface area contributed by atoms with Gasteiger partial charge >= 0.3 is 6.18 Å². The molecule has 0 radical (unpaired) electrons. The summed E-state index contributed by atoms with van der Waals surface area (Å²) in [6.07, 6.45) is -2.82. The van der Waals surface area contributed by atoms with Gasteiger partial charge in [-0.05, 0) is 23.5 Å². The van der Waals surface area contributed by atoms with Crippen molar-refractivity contribution in [2.24, 2.45) is 0 Å². The second-order valence-electron chi connectivity index (χ2n) is 3.13. The van der Waals surface area contributed by atoms with E-state index in [1.165, 1.54) is 12.3 Å². The van der Waals surface area contributed by atoms with E-state index in [1.54, 1.807) is 6.07 Å². The van der Waals surface area contributed by atoms with Crippen molar-refractivity contribution < 1.29 is 13.2 Å². The highest BCUT2D eigenvalue weighted by Gasteiger charge is 2.30. The first kappa shape index (κ1) is 10.4. The zero-order valence-electron chi connectivity index (χ0n) is 7.55. The van der Waals surface area contributed by atoms with Crippen LogP contribution in [-0.4, -0.2) is 4.98 Å². The van der Waals surface area contributed by atoms with Crippen molar-refractivity contribution in [2.75, 3.05) is 0 Å². The zero-order valence-corrected chi connectivity index (χ0v) is 8.70. The third-order valence-corrected chi connectivity index (χ3v) is 2.61. The molecule has 15 heavy (non-hydrogen) atoms. The highest BCUT2D eigenvalue weighted by atomic mass is 31.0. The number of hydrogen-bond donors (Lipinski definition) is 0. The molecule has 1 atom stereocenters. The number of aromatic nitrogens is 1. The van der Waals surface area contributed by atoms with Gasteiger partial charge in [0.2, 0.25) is 0 Å². The summed E-state index contributed by atoms with van der Waals surface area (Å²) >= 11 is 0. The number of nitrogens with zero attached hydrogens (tertiary/aromatic N) is 1. The van der Waals surface area contributed by atoms with Gasteiger partial charge in [0.25, 0.3) is 0 Å². The molecule has 0 amide bonds. The summed E-state index contributed by atoms with van der Waals surface area (Å²) in [6, 6.07) is 5.30. The monoisotopic (exact) mass is 229 g/mol. The lowest BCUT2D eigenvalue weighted by Gasteiger charge is -2.07. The van der Waals surface area contributed by atoms with Crippen LogP contribution in [0, 0.1) is 0 Å². The van der Waals surface area contributed by atoms with Crippen molar-refractivity contribution >= 4 is 25.4 Å². The predicted octanol–water partition coefficient (Wildman–Crippen LogP) is 2.75. The summed E-state index contributed by atoms with van der Waals surface area (Å²) in [5.41, 5.74) is -0.310. The SMILES string of the molecule is FC(F)(F)c1ccc2c(P)ccnc2c1. The van der Waals surface area contributed by atoms with Crippen LogP contribution in [0.2, 0.25) is 0 Å². The van der Waals surface area contributed by atoms with Gasteiger partial charge in [-0.2, -0.15) is 13.2 Å². The van der Waals surface area contributed by atoms with Gasteiger partial charge in [-0.25, -0.2) is 0 Å². The second kappa shape index (κ2) is 3.46. The molecular formula is C10H7F3NP. The summed E-state index contributed by atoms with van der Waals surface area (Å²) in [4.78, 5) is 3.90. The third-order valence-electron chi connectivity index (χ3n) is 2.10. The number of pyridine rings is 1. The number of alkyl halides is 3. The van der Waals surface area contributed by atoms with Crippen LogP contribution in [0.15, 0.2) is 30.5 Å². The highest BCUT2D eigenvalue weighted by Crippen LogP contribution is 2.30. The largest absolute Gasteiger partial charge is 0.416 e. The van der Waals surface area contributed by atoms with Gasteiger partial charge in [0.05, 0.1) is 11.1 Å². The second-order valence-corrected chi connectivity index (χ2v) is 3.75. The number of rotatable bonds is 0. The Hall–Kier alpha value is -1.15. The van der Waals surface area contributed by atoms with Crippen LogP contribution in [0.3, 0.4) is 0 Å². The number of hydrogen-bond acceptors (Lipinski definition) is 1. The van der Waals surface area contributed by atoms with Crippen LogP contribution in [-0.2, 0) is 6.18 Å². The summed E-state index contributed by atoms with van der Waals surface area (Å²) in [7, 11) is 2.47. The first-order valence-electron chi connectivity index (χ1n) is 4.20. The smallest absolute Gasteiger partial charge is 0.256 e. The average molecular weight is 229 g/mol. The van der Waals surface area contributed by atoms with Crippen LogP contribution in [0.1, 0.15) is 5.56 Å². The molecule has 0 bridgehead atoms. The molecule has 0 aliphatic rings. The molecule has 5 heteroatoms. The Labute approximate surface area is 86.5 Å². The zero-order chi connectivity index (χ0) is 11.1. The average Bonchev–Trinajstić information content (AvgIpc) is 2.16. The van der Waals surface area contributed by atoms with E-state index in [4.69, 9.17) is 0 Å². The molecule has 0 N–H and O–H groups in total. The summed E-state index contributed by atoms with van der Waals surface area (Å²) < 4.78 is 37.2. The van der Waals surface area contributed by atoms with Crippen LogP contribution >= 0.6 is 9.24 Å². The topological polar surface area (TPSA) is 12.9 Å². The van der Waals surface area contributed by atoms with Crippen molar-refractivity contribution in [3.63, 3.8) is 0 Å². The molecular weight excluding hydrogens is 222 g/mol. The molecule has 0 spiro atoms. The predicted molar refractivity (Wildman–Crippen MR) is 56.1 cm³/mol. The minimum Gasteiger partial charge on any atom is -0.256 e. The molecule has 1 aromatic carbocycles. The van der Waals surface area contributed by atoms with E-state index in [2.05, 4.69) is 14.2 Å². The molecule has 1 nitrogen and oxygen atoms in total. The first-order valence-corrected chi connectivity index (χ1v) is 4.77. The van der Waals surface area contributed by atoms with Crippen molar-refractivity contribution in [1.82, 2.24) is 4.98 Å². The minimum atomic E-state index is -4.31. The Kier molecular flexibility index (Phi) is 2.39. The first-order chi connectivity index (χ1) is 6.98. The summed E-state index contributed by atoms with van der Waals surface area (Å²) in [6.45, 7) is 0. The molecule has 2 aromatic rings. The number of fused-ring (bicyclic) bond motifs is 1. The van der Waals surface area contributed by atoms with Crippen molar-refractivity contribution in [2.45, 2.75) is 6.18 Å². The fourth-order valence-electron chi connectivity index (χ4n) is 1.35. The molecule has 1 unspecified atom stereocenters. The molecule has 0 aliphatic carbocycles. The number of benzene rings is 1. The molecule has 2 rings (SSSR count). The Morgan fingerprint density at radius 1 is 1.13 bits per heavy atom. The molecule has 0 saturated heterocycles. The molecule has 0 fully saturated rings. The van der Waals surface area contributed by atoms with E-state index in [1.807, 2.05) is 0 Å². The van der Waals surface area contributed by atoms with Gasteiger partial charge in [-0.15, -0.1) is 9.24 Å². The lowest BCUT2D eigenvalue weighted by Crippen LogP contribution is -2.05. The van der Waals surface area contributed by atoms with Crippen LogP contribution in [0.25, 0.3) is 10.9 Å². The van der Waals surface area contributed by atoms with Crippen molar-refractivity contribution in [3.8, 4) is 0 Å².